The van der Waals surface area contributed by atoms with Crippen LogP contribution in [0.3, 0.4) is 0 Å². The van der Waals surface area contributed by atoms with Crippen LogP contribution in [0.2, 0.25) is 0 Å². The van der Waals surface area contributed by atoms with Gasteiger partial charge in [0.15, 0.2) is 11.5 Å². The molecule has 1 aliphatic heterocycles. The number of hydrogen-bond donors (Lipinski definition) is 0. The maximum Gasteiger partial charge on any atom is 0.263 e. The lowest BCUT2D eigenvalue weighted by Gasteiger charge is -2.31. The minimum atomic E-state index is 0.183. The third-order valence-corrected chi connectivity index (χ3v) is 7.13. The van der Waals surface area contributed by atoms with Gasteiger partial charge in [0.1, 0.15) is 5.52 Å². The van der Waals surface area contributed by atoms with Crippen LogP contribution >= 0.6 is 11.3 Å². The summed E-state index contributed by atoms with van der Waals surface area (Å²) < 4.78 is 5.97. The monoisotopic (exact) mass is 380 g/mol. The quantitative estimate of drug-likeness (QED) is 0.626. The number of piperidine rings is 1. The van der Waals surface area contributed by atoms with Gasteiger partial charge in [0.05, 0.1) is 10.8 Å². The molecular formula is C22H24N2O2S. The molecule has 1 aromatic carbocycles. The van der Waals surface area contributed by atoms with Crippen molar-refractivity contribution in [1.29, 1.82) is 0 Å². The van der Waals surface area contributed by atoms with Gasteiger partial charge in [0.25, 0.3) is 5.91 Å². The minimum absolute atomic E-state index is 0.183. The second-order valence-electron chi connectivity index (χ2n) is 8.02. The van der Waals surface area contributed by atoms with E-state index < -0.39 is 0 Å². The summed E-state index contributed by atoms with van der Waals surface area (Å²) in [5.74, 6) is 1.87. The fourth-order valence-corrected chi connectivity index (χ4v) is 5.57. The van der Waals surface area contributed by atoms with Crippen LogP contribution in [0.15, 0.2) is 34.7 Å². The number of hydrogen-bond acceptors (Lipinski definition) is 4. The first-order valence-corrected chi connectivity index (χ1v) is 10.8. The zero-order chi connectivity index (χ0) is 18.4. The average molecular weight is 381 g/mol. The summed E-state index contributed by atoms with van der Waals surface area (Å²) in [7, 11) is 0. The number of likely N-dealkylation sites (tertiary alicyclic amines) is 1. The van der Waals surface area contributed by atoms with E-state index in [2.05, 4.69) is 18.0 Å². The highest BCUT2D eigenvalue weighted by Crippen LogP contribution is 2.34. The van der Waals surface area contributed by atoms with Gasteiger partial charge in [-0.15, -0.1) is 11.3 Å². The van der Waals surface area contributed by atoms with E-state index in [0.29, 0.717) is 6.54 Å². The maximum atomic E-state index is 13.1. The Morgan fingerprint density at radius 3 is 3.07 bits per heavy atom. The maximum absolute atomic E-state index is 13.1. The number of nitrogens with zero attached hydrogens (tertiary/aromatic N) is 2. The minimum Gasteiger partial charge on any atom is -0.440 e. The highest BCUT2D eigenvalue weighted by Gasteiger charge is 2.30. The molecule has 0 saturated carbocycles. The summed E-state index contributed by atoms with van der Waals surface area (Å²) in [6, 6.07) is 10.0. The molecule has 1 aliphatic carbocycles. The van der Waals surface area contributed by atoms with E-state index in [1.54, 1.807) is 11.3 Å². The van der Waals surface area contributed by atoms with E-state index in [1.807, 2.05) is 29.2 Å². The number of benzene rings is 1. The second-order valence-corrected chi connectivity index (χ2v) is 9.15. The van der Waals surface area contributed by atoms with Gasteiger partial charge in [-0.1, -0.05) is 19.1 Å². The molecule has 5 rings (SSSR count). The van der Waals surface area contributed by atoms with Gasteiger partial charge in [-0.05, 0) is 61.8 Å². The number of amides is 1. The first-order chi connectivity index (χ1) is 13.2. The molecule has 27 heavy (non-hydrogen) atoms. The van der Waals surface area contributed by atoms with Crippen LogP contribution in [0, 0.1) is 5.92 Å². The number of aromatic nitrogens is 1. The highest BCUT2D eigenvalue weighted by atomic mass is 32.1. The van der Waals surface area contributed by atoms with Crippen molar-refractivity contribution in [1.82, 2.24) is 9.88 Å². The molecule has 1 fully saturated rings. The fourth-order valence-electron chi connectivity index (χ4n) is 4.39. The summed E-state index contributed by atoms with van der Waals surface area (Å²) >= 11 is 1.71. The van der Waals surface area contributed by atoms with Gasteiger partial charge in [-0.2, -0.15) is 0 Å². The molecule has 3 aromatic rings. The van der Waals surface area contributed by atoms with Crippen molar-refractivity contribution in [2.45, 2.75) is 44.9 Å². The summed E-state index contributed by atoms with van der Waals surface area (Å²) in [6.07, 6.45) is 5.50. The third-order valence-electron chi connectivity index (χ3n) is 5.91. The second kappa shape index (κ2) is 6.79. The summed E-state index contributed by atoms with van der Waals surface area (Å²) in [6.45, 7) is 3.83. The van der Waals surface area contributed by atoms with Crippen molar-refractivity contribution < 1.29 is 9.21 Å². The topological polar surface area (TPSA) is 46.3 Å². The van der Waals surface area contributed by atoms with Gasteiger partial charge >= 0.3 is 0 Å². The molecule has 0 N–H and O–H groups in total. The van der Waals surface area contributed by atoms with Gasteiger partial charge in [-0.25, -0.2) is 4.98 Å². The number of para-hydroxylation sites is 2. The van der Waals surface area contributed by atoms with Crippen molar-refractivity contribution in [3.05, 3.63) is 51.5 Å². The largest absolute Gasteiger partial charge is 0.440 e. The molecule has 1 amide bonds. The van der Waals surface area contributed by atoms with Crippen LogP contribution in [0.25, 0.3) is 11.1 Å². The molecule has 0 bridgehead atoms. The van der Waals surface area contributed by atoms with Crippen LogP contribution in [-0.2, 0) is 12.8 Å². The Balaban J connectivity index is 1.35. The van der Waals surface area contributed by atoms with E-state index >= 15 is 0 Å². The summed E-state index contributed by atoms with van der Waals surface area (Å²) in [5, 5.41) is 0. The molecule has 0 spiro atoms. The summed E-state index contributed by atoms with van der Waals surface area (Å²) in [4.78, 5) is 22.1. The SMILES string of the molecule is C[C@H]1CCc2sc(C(=O)N3CCC[C@H](c4nc5ccccc5o4)C3)cc2C1. The van der Waals surface area contributed by atoms with Crippen molar-refractivity contribution in [3.63, 3.8) is 0 Å². The Morgan fingerprint density at radius 1 is 1.30 bits per heavy atom. The lowest BCUT2D eigenvalue weighted by molar-refractivity contribution is 0.0704. The Labute approximate surface area is 163 Å². The van der Waals surface area contributed by atoms with Gasteiger partial charge < -0.3 is 9.32 Å². The van der Waals surface area contributed by atoms with E-state index in [1.165, 1.54) is 16.9 Å². The van der Waals surface area contributed by atoms with Crippen LogP contribution in [0.1, 0.15) is 58.1 Å². The van der Waals surface area contributed by atoms with Gasteiger partial charge in [0.2, 0.25) is 0 Å². The molecule has 0 unspecified atom stereocenters. The van der Waals surface area contributed by atoms with Crippen molar-refractivity contribution in [3.8, 4) is 0 Å². The van der Waals surface area contributed by atoms with Crippen LogP contribution in [0.4, 0.5) is 0 Å². The zero-order valence-corrected chi connectivity index (χ0v) is 16.4. The Bertz CT molecular complexity index is 956. The van der Waals surface area contributed by atoms with Gasteiger partial charge in [0, 0.05) is 18.0 Å². The molecule has 2 aliphatic rings. The third kappa shape index (κ3) is 3.18. The number of aryl methyl sites for hydroxylation is 1. The van der Waals surface area contributed by atoms with Crippen molar-refractivity contribution in [2.24, 2.45) is 5.92 Å². The number of fused-ring (bicyclic) bond motifs is 2. The van der Waals surface area contributed by atoms with Crippen molar-refractivity contribution in [2.75, 3.05) is 13.1 Å². The molecule has 140 valence electrons. The lowest BCUT2D eigenvalue weighted by Crippen LogP contribution is -2.38. The van der Waals surface area contributed by atoms with Crippen LogP contribution in [-0.4, -0.2) is 28.9 Å². The number of rotatable bonds is 2. The van der Waals surface area contributed by atoms with E-state index in [-0.39, 0.29) is 11.8 Å². The predicted octanol–water partition coefficient (Wildman–Crippen LogP) is 5.03. The number of carbonyl (C=O) groups excluding carboxylic acids is 1. The van der Waals surface area contributed by atoms with E-state index in [9.17, 15) is 4.79 Å². The van der Waals surface area contributed by atoms with E-state index in [4.69, 9.17) is 4.42 Å². The first kappa shape index (κ1) is 17.0. The smallest absolute Gasteiger partial charge is 0.263 e. The van der Waals surface area contributed by atoms with Gasteiger partial charge in [-0.3, -0.25) is 4.79 Å². The van der Waals surface area contributed by atoms with Crippen molar-refractivity contribution >= 4 is 28.3 Å². The van der Waals surface area contributed by atoms with Crippen LogP contribution in [0.5, 0.6) is 0 Å². The molecule has 0 radical (unpaired) electrons. The molecule has 5 heteroatoms. The Kier molecular flexibility index (Phi) is 4.27. The standard InChI is InChI=1S/C22H24N2O2S/c1-14-8-9-19-16(11-14)12-20(27-19)22(25)24-10-4-5-15(13-24)21-23-17-6-2-3-7-18(17)26-21/h2-3,6-7,12,14-15H,4-5,8-11,13H2,1H3/t14-,15-/m0/s1. The van der Waals surface area contributed by atoms with Crippen LogP contribution < -0.4 is 0 Å². The number of carbonyl (C=O) groups is 1. The molecule has 3 heterocycles. The average Bonchev–Trinajstić information content (AvgIpc) is 3.31. The predicted molar refractivity (Wildman–Crippen MR) is 107 cm³/mol. The Morgan fingerprint density at radius 2 is 2.19 bits per heavy atom. The highest BCUT2D eigenvalue weighted by molar-refractivity contribution is 7.14. The fraction of sp³-hybridized carbons (Fsp3) is 0.455. The molecule has 4 nitrogen and oxygen atoms in total. The number of oxazole rings is 1. The molecule has 2 atom stereocenters. The Hall–Kier alpha value is -2.14. The number of thiophene rings is 1. The lowest BCUT2D eigenvalue weighted by atomic mass is 9.90. The normalized spacial score (nSPS) is 22.8. The molecule has 1 saturated heterocycles. The molecule has 2 aromatic heterocycles. The summed E-state index contributed by atoms with van der Waals surface area (Å²) in [5.41, 5.74) is 3.13. The zero-order valence-electron chi connectivity index (χ0n) is 15.6. The first-order valence-electron chi connectivity index (χ1n) is 9.93. The van der Waals surface area contributed by atoms with E-state index in [0.717, 1.165) is 60.0 Å². The molecular weight excluding hydrogens is 356 g/mol.